The summed E-state index contributed by atoms with van der Waals surface area (Å²) < 4.78 is 68.5. The van der Waals surface area contributed by atoms with E-state index >= 15 is 0 Å². The smallest absolute Gasteiger partial charge is 0.462 e. The molecule has 0 rings (SSSR count). The summed E-state index contributed by atoms with van der Waals surface area (Å²) in [7, 11) is -9.91. The van der Waals surface area contributed by atoms with Gasteiger partial charge >= 0.3 is 39.5 Å². The quantitative estimate of drug-likeness (QED) is 0.0222. The van der Waals surface area contributed by atoms with Crippen LogP contribution in [0.4, 0.5) is 0 Å². The highest BCUT2D eigenvalue weighted by atomic mass is 31.2. The number of unbranched alkanes of at least 4 members (excludes halogenated alkanes) is 48. The highest BCUT2D eigenvalue weighted by Crippen LogP contribution is 2.45. The van der Waals surface area contributed by atoms with Crippen LogP contribution in [0.15, 0.2) is 0 Å². The zero-order chi connectivity index (χ0) is 69.8. The van der Waals surface area contributed by atoms with Gasteiger partial charge in [-0.3, -0.25) is 37.3 Å². The Morgan fingerprint density at radius 1 is 0.284 bits per heavy atom. The van der Waals surface area contributed by atoms with Gasteiger partial charge in [-0.05, 0) is 31.6 Å². The van der Waals surface area contributed by atoms with Crippen LogP contribution in [0.3, 0.4) is 0 Å². The van der Waals surface area contributed by atoms with Gasteiger partial charge in [0.1, 0.15) is 19.3 Å². The highest BCUT2D eigenvalue weighted by Gasteiger charge is 2.30. The third kappa shape index (κ3) is 70.3. The molecule has 0 spiro atoms. The number of phosphoric ester groups is 2. The van der Waals surface area contributed by atoms with Crippen molar-refractivity contribution in [2.45, 2.75) is 419 Å². The number of hydrogen-bond donors (Lipinski definition) is 3. The number of carbonyl (C=O) groups is 4. The van der Waals surface area contributed by atoms with E-state index in [4.69, 9.17) is 37.0 Å². The molecule has 0 aromatic carbocycles. The number of aliphatic hydroxyl groups is 1. The molecule has 19 heteroatoms. The van der Waals surface area contributed by atoms with Crippen molar-refractivity contribution in [1.82, 2.24) is 0 Å². The zero-order valence-corrected chi connectivity index (χ0v) is 63.6. The fraction of sp³-hybridized carbons (Fsp3) is 0.947. The van der Waals surface area contributed by atoms with Gasteiger partial charge in [-0.15, -0.1) is 0 Å². The summed E-state index contributed by atoms with van der Waals surface area (Å²) in [4.78, 5) is 72.8. The summed E-state index contributed by atoms with van der Waals surface area (Å²) in [5.74, 6) is -1.38. The third-order valence-electron chi connectivity index (χ3n) is 17.8. The van der Waals surface area contributed by atoms with Crippen molar-refractivity contribution in [2.24, 2.45) is 5.92 Å². The lowest BCUT2D eigenvalue weighted by Crippen LogP contribution is -2.30. The molecule has 0 aliphatic heterocycles. The predicted molar refractivity (Wildman–Crippen MR) is 386 cm³/mol. The Hall–Kier alpha value is -1.94. The van der Waals surface area contributed by atoms with Crippen LogP contribution in [0.2, 0.25) is 0 Å². The van der Waals surface area contributed by atoms with Gasteiger partial charge in [0.2, 0.25) is 0 Å². The Kier molecular flexibility index (Phi) is 67.7. The second-order valence-electron chi connectivity index (χ2n) is 27.9. The molecule has 0 heterocycles. The van der Waals surface area contributed by atoms with Crippen LogP contribution in [0.1, 0.15) is 401 Å². The molecule has 17 nitrogen and oxygen atoms in total. The van der Waals surface area contributed by atoms with Crippen molar-refractivity contribution in [3.63, 3.8) is 0 Å². The van der Waals surface area contributed by atoms with E-state index in [1.165, 1.54) is 225 Å². The lowest BCUT2D eigenvalue weighted by atomic mass is 10.0. The molecule has 564 valence electrons. The Bertz CT molecular complexity index is 1820. The summed E-state index contributed by atoms with van der Waals surface area (Å²) in [6, 6.07) is 0. The SMILES string of the molecule is CCCCCCCCCCCCCCCCCCCCC(=O)O[C@H](COC(=O)CCCCCCCCCCCCCCCC)COP(=O)(O)OC[C@@H](O)COP(=O)(O)OC[C@@H](COC(=O)CCCCCCCCCCCCC)OC(=O)CCCCCCCCCCCC(C)C. The maximum Gasteiger partial charge on any atom is 0.472 e. The lowest BCUT2D eigenvalue weighted by Gasteiger charge is -2.21. The monoisotopic (exact) mass is 1400 g/mol. The van der Waals surface area contributed by atoms with Gasteiger partial charge in [-0.1, -0.05) is 349 Å². The first-order valence-corrected chi connectivity index (χ1v) is 42.6. The molecule has 0 bridgehead atoms. The van der Waals surface area contributed by atoms with Crippen LogP contribution < -0.4 is 0 Å². The van der Waals surface area contributed by atoms with Crippen LogP contribution in [0.25, 0.3) is 0 Å². The molecule has 0 radical (unpaired) electrons. The van der Waals surface area contributed by atoms with Crippen LogP contribution >= 0.6 is 15.6 Å². The summed E-state index contributed by atoms with van der Waals surface area (Å²) >= 11 is 0. The topological polar surface area (TPSA) is 237 Å². The first-order valence-electron chi connectivity index (χ1n) is 39.6. The number of phosphoric acid groups is 2. The van der Waals surface area contributed by atoms with Crippen LogP contribution in [0.5, 0.6) is 0 Å². The van der Waals surface area contributed by atoms with E-state index in [9.17, 15) is 43.2 Å². The number of hydrogen-bond acceptors (Lipinski definition) is 15. The Morgan fingerprint density at radius 2 is 0.484 bits per heavy atom. The normalized spacial score (nSPS) is 13.9. The van der Waals surface area contributed by atoms with E-state index in [1.807, 2.05) is 0 Å². The zero-order valence-electron chi connectivity index (χ0n) is 61.8. The number of esters is 4. The molecule has 0 amide bonds. The average molecular weight is 1400 g/mol. The van der Waals surface area contributed by atoms with Crippen molar-refractivity contribution in [3.05, 3.63) is 0 Å². The number of aliphatic hydroxyl groups excluding tert-OH is 1. The van der Waals surface area contributed by atoms with E-state index < -0.39 is 97.5 Å². The van der Waals surface area contributed by atoms with Gasteiger partial charge in [0.15, 0.2) is 12.2 Å². The highest BCUT2D eigenvalue weighted by molar-refractivity contribution is 7.47. The molecule has 0 aliphatic carbocycles. The molecule has 0 aliphatic rings. The van der Waals surface area contributed by atoms with Crippen molar-refractivity contribution in [3.8, 4) is 0 Å². The van der Waals surface area contributed by atoms with Gasteiger partial charge in [0.05, 0.1) is 26.4 Å². The number of rotatable bonds is 76. The Morgan fingerprint density at radius 3 is 0.716 bits per heavy atom. The maximum absolute atomic E-state index is 13.1. The van der Waals surface area contributed by atoms with Gasteiger partial charge in [-0.25, -0.2) is 9.13 Å². The van der Waals surface area contributed by atoms with Crippen molar-refractivity contribution in [1.29, 1.82) is 0 Å². The van der Waals surface area contributed by atoms with Crippen molar-refractivity contribution in [2.75, 3.05) is 39.6 Å². The first-order chi connectivity index (χ1) is 46.0. The minimum atomic E-state index is -4.96. The predicted octanol–water partition coefficient (Wildman–Crippen LogP) is 22.5. The lowest BCUT2D eigenvalue weighted by molar-refractivity contribution is -0.161. The van der Waals surface area contributed by atoms with Gasteiger partial charge in [0.25, 0.3) is 0 Å². The first kappa shape index (κ1) is 93.1. The van der Waals surface area contributed by atoms with Crippen LogP contribution in [0, 0.1) is 5.92 Å². The van der Waals surface area contributed by atoms with Crippen molar-refractivity contribution >= 4 is 39.5 Å². The molecular formula is C76H148O17P2. The van der Waals surface area contributed by atoms with E-state index in [-0.39, 0.29) is 25.7 Å². The fourth-order valence-electron chi connectivity index (χ4n) is 11.7. The maximum atomic E-state index is 13.1. The minimum Gasteiger partial charge on any atom is -0.462 e. The summed E-state index contributed by atoms with van der Waals surface area (Å²) in [6.07, 6.45) is 58.2. The van der Waals surface area contributed by atoms with Gasteiger partial charge < -0.3 is 33.8 Å². The molecule has 3 N–H and O–H groups in total. The average Bonchev–Trinajstić information content (AvgIpc) is 1.52. The van der Waals surface area contributed by atoms with E-state index in [2.05, 4.69) is 34.6 Å². The molecule has 95 heavy (non-hydrogen) atoms. The number of ether oxygens (including phenoxy) is 4. The van der Waals surface area contributed by atoms with Crippen LogP contribution in [-0.4, -0.2) is 96.7 Å². The van der Waals surface area contributed by atoms with Crippen molar-refractivity contribution < 1.29 is 80.2 Å². The van der Waals surface area contributed by atoms with Crippen LogP contribution in [-0.2, 0) is 65.4 Å². The molecule has 0 saturated heterocycles. The number of carbonyl (C=O) groups excluding carboxylic acids is 4. The van der Waals surface area contributed by atoms with E-state index in [1.54, 1.807) is 0 Å². The minimum absolute atomic E-state index is 0.106. The Balaban J connectivity index is 5.24. The largest absolute Gasteiger partial charge is 0.472 e. The van der Waals surface area contributed by atoms with E-state index in [0.29, 0.717) is 25.7 Å². The summed E-state index contributed by atoms with van der Waals surface area (Å²) in [5.41, 5.74) is 0. The Labute approximate surface area is 581 Å². The molecule has 5 atom stereocenters. The molecule has 2 unspecified atom stereocenters. The van der Waals surface area contributed by atoms with Gasteiger partial charge in [-0.2, -0.15) is 0 Å². The fourth-order valence-corrected chi connectivity index (χ4v) is 13.3. The second kappa shape index (κ2) is 69.2. The summed E-state index contributed by atoms with van der Waals surface area (Å²) in [5, 5.41) is 10.6. The molecule has 0 saturated carbocycles. The molecule has 0 aromatic rings. The second-order valence-corrected chi connectivity index (χ2v) is 30.8. The molecular weight excluding hydrogens is 1250 g/mol. The third-order valence-corrected chi connectivity index (χ3v) is 19.7. The standard InChI is InChI=1S/C76H148O17P2/c1-6-9-12-15-18-21-24-26-28-29-30-31-33-36-41-46-51-56-61-75(80)92-71(65-87-74(79)60-55-50-45-40-35-32-27-25-22-19-16-13-10-7-2)67-90-94(82,83)88-63-70(77)64-89-95(84,85)91-68-72(66-86-73(78)59-54-49-44-39-34-23-20-17-14-11-8-3)93-76(81)62-57-52-47-42-37-38-43-48-53-58-69(4)5/h69-72,77H,6-68H2,1-5H3,(H,82,83)(H,84,85)/t70-,71-,72-/m1/s1. The van der Waals surface area contributed by atoms with Gasteiger partial charge in [0, 0.05) is 25.7 Å². The molecule has 0 aromatic heterocycles. The molecule has 0 fully saturated rings. The summed E-state index contributed by atoms with van der Waals surface area (Å²) in [6.45, 7) is 7.27. The van der Waals surface area contributed by atoms with E-state index in [0.717, 1.165) is 95.8 Å².